The van der Waals surface area contributed by atoms with Crippen LogP contribution in [-0.2, 0) is 4.74 Å². The molecule has 0 aliphatic carbocycles. The first-order valence-electron chi connectivity index (χ1n) is 4.67. The number of aliphatic hydroxyl groups excluding tert-OH is 1. The maximum absolute atomic E-state index is 11.0. The lowest BCUT2D eigenvalue weighted by molar-refractivity contribution is 0.114. The van der Waals surface area contributed by atoms with E-state index < -0.39 is 0 Å². The molecule has 1 rings (SSSR count). The predicted octanol–water partition coefficient (Wildman–Crippen LogP) is 1.23. The molecule has 0 radical (unpaired) electrons. The fourth-order valence-electron chi connectivity index (χ4n) is 1.37. The van der Waals surface area contributed by atoms with E-state index in [-0.39, 0.29) is 18.2 Å². The summed E-state index contributed by atoms with van der Waals surface area (Å²) in [6, 6.07) is 0.0949. The van der Waals surface area contributed by atoms with Gasteiger partial charge in [-0.3, -0.25) is 0 Å². The standard InChI is InChI=1S/C7H13NO3.C2H6/c1-5-3-6(9)4-8(5)7(10)11-2;1-2/h5-6,9H,3-4H2,1-2H3;1-2H3. The Morgan fingerprint density at radius 3 is 2.38 bits per heavy atom. The summed E-state index contributed by atoms with van der Waals surface area (Å²) in [5, 5.41) is 9.16. The third-order valence-corrected chi connectivity index (χ3v) is 1.96. The summed E-state index contributed by atoms with van der Waals surface area (Å²) >= 11 is 0. The van der Waals surface area contributed by atoms with Gasteiger partial charge in [-0.25, -0.2) is 4.79 Å². The Morgan fingerprint density at radius 2 is 2.08 bits per heavy atom. The zero-order valence-electron chi connectivity index (χ0n) is 8.78. The summed E-state index contributed by atoms with van der Waals surface area (Å²) in [6.07, 6.45) is -0.0899. The molecule has 0 spiro atoms. The molecule has 2 unspecified atom stereocenters. The number of ether oxygens (including phenoxy) is 1. The minimum absolute atomic E-state index is 0.0949. The summed E-state index contributed by atoms with van der Waals surface area (Å²) in [5.41, 5.74) is 0. The van der Waals surface area contributed by atoms with Crippen LogP contribution in [0.3, 0.4) is 0 Å². The van der Waals surface area contributed by atoms with Crippen molar-refractivity contribution in [2.45, 2.75) is 39.3 Å². The van der Waals surface area contributed by atoms with Crippen LogP contribution in [0.2, 0.25) is 0 Å². The van der Waals surface area contributed by atoms with Crippen LogP contribution < -0.4 is 0 Å². The Kier molecular flexibility index (Phi) is 5.46. The van der Waals surface area contributed by atoms with Crippen LogP contribution in [0.5, 0.6) is 0 Å². The molecule has 1 N–H and O–H groups in total. The van der Waals surface area contributed by atoms with Crippen LogP contribution >= 0.6 is 0 Å². The topological polar surface area (TPSA) is 49.8 Å². The first-order chi connectivity index (χ1) is 6.15. The predicted molar refractivity (Wildman–Crippen MR) is 50.5 cm³/mol. The summed E-state index contributed by atoms with van der Waals surface area (Å²) in [4.78, 5) is 12.5. The highest BCUT2D eigenvalue weighted by Crippen LogP contribution is 2.17. The zero-order valence-corrected chi connectivity index (χ0v) is 8.78. The van der Waals surface area contributed by atoms with Crippen molar-refractivity contribution < 1.29 is 14.6 Å². The molecule has 0 aromatic carbocycles. The molecular formula is C9H19NO3. The van der Waals surface area contributed by atoms with Gasteiger partial charge in [-0.05, 0) is 13.3 Å². The lowest BCUT2D eigenvalue weighted by atomic mass is 10.2. The minimum Gasteiger partial charge on any atom is -0.453 e. The van der Waals surface area contributed by atoms with Crippen molar-refractivity contribution in [3.63, 3.8) is 0 Å². The highest BCUT2D eigenvalue weighted by atomic mass is 16.5. The van der Waals surface area contributed by atoms with Gasteiger partial charge in [0.25, 0.3) is 0 Å². The second kappa shape index (κ2) is 5.80. The molecule has 0 saturated carbocycles. The fraction of sp³-hybridized carbons (Fsp3) is 0.889. The summed E-state index contributed by atoms with van der Waals surface area (Å²) in [7, 11) is 1.35. The fourth-order valence-corrected chi connectivity index (χ4v) is 1.37. The summed E-state index contributed by atoms with van der Waals surface area (Å²) < 4.78 is 4.53. The second-order valence-corrected chi connectivity index (χ2v) is 2.86. The quantitative estimate of drug-likeness (QED) is 0.623. The largest absolute Gasteiger partial charge is 0.453 e. The summed E-state index contributed by atoms with van der Waals surface area (Å²) in [5.74, 6) is 0. The van der Waals surface area contributed by atoms with Gasteiger partial charge in [-0.2, -0.15) is 0 Å². The number of likely N-dealkylation sites (tertiary alicyclic amines) is 1. The number of aliphatic hydroxyl groups is 1. The van der Waals surface area contributed by atoms with Gasteiger partial charge in [-0.1, -0.05) is 13.8 Å². The van der Waals surface area contributed by atoms with E-state index >= 15 is 0 Å². The van der Waals surface area contributed by atoms with Crippen LogP contribution in [0.15, 0.2) is 0 Å². The average molecular weight is 189 g/mol. The number of nitrogens with zero attached hydrogens (tertiary/aromatic N) is 1. The van der Waals surface area contributed by atoms with Crippen molar-refractivity contribution in [2.75, 3.05) is 13.7 Å². The number of carbonyl (C=O) groups is 1. The Morgan fingerprint density at radius 1 is 1.54 bits per heavy atom. The van der Waals surface area contributed by atoms with Crippen molar-refractivity contribution >= 4 is 6.09 Å². The number of hydrogen-bond acceptors (Lipinski definition) is 3. The van der Waals surface area contributed by atoms with Crippen LogP contribution in [0.25, 0.3) is 0 Å². The van der Waals surface area contributed by atoms with E-state index in [4.69, 9.17) is 5.11 Å². The van der Waals surface area contributed by atoms with Gasteiger partial charge < -0.3 is 14.7 Å². The van der Waals surface area contributed by atoms with Crippen molar-refractivity contribution in [3.8, 4) is 0 Å². The minimum atomic E-state index is -0.385. The number of carbonyl (C=O) groups excluding carboxylic acids is 1. The highest BCUT2D eigenvalue weighted by molar-refractivity contribution is 5.68. The summed E-state index contributed by atoms with van der Waals surface area (Å²) in [6.45, 7) is 6.29. The maximum Gasteiger partial charge on any atom is 0.409 e. The van der Waals surface area contributed by atoms with Gasteiger partial charge in [0.2, 0.25) is 0 Å². The molecule has 1 heterocycles. The first kappa shape index (κ1) is 12.2. The van der Waals surface area contributed by atoms with Crippen molar-refractivity contribution in [2.24, 2.45) is 0 Å². The first-order valence-corrected chi connectivity index (χ1v) is 4.67. The van der Waals surface area contributed by atoms with E-state index in [1.165, 1.54) is 12.0 Å². The molecule has 1 aliphatic heterocycles. The Bertz CT molecular complexity index is 161. The van der Waals surface area contributed by atoms with Gasteiger partial charge in [0, 0.05) is 6.04 Å². The smallest absolute Gasteiger partial charge is 0.409 e. The molecule has 4 heteroatoms. The van der Waals surface area contributed by atoms with Gasteiger partial charge >= 0.3 is 6.09 Å². The van der Waals surface area contributed by atoms with Crippen LogP contribution in [0.4, 0.5) is 4.79 Å². The lowest BCUT2D eigenvalue weighted by Gasteiger charge is -2.18. The van der Waals surface area contributed by atoms with E-state index in [0.717, 1.165) is 0 Å². The molecule has 78 valence electrons. The molecule has 0 aromatic heterocycles. The van der Waals surface area contributed by atoms with E-state index in [1.807, 2.05) is 20.8 Å². The van der Waals surface area contributed by atoms with Gasteiger partial charge in [0.05, 0.1) is 19.8 Å². The molecule has 13 heavy (non-hydrogen) atoms. The van der Waals surface area contributed by atoms with Crippen molar-refractivity contribution in [1.29, 1.82) is 0 Å². The number of methoxy groups -OCH3 is 1. The molecule has 2 atom stereocenters. The third kappa shape index (κ3) is 3.22. The third-order valence-electron chi connectivity index (χ3n) is 1.96. The van der Waals surface area contributed by atoms with Crippen LogP contribution in [-0.4, -0.2) is 41.9 Å². The molecule has 0 aromatic rings. The van der Waals surface area contributed by atoms with E-state index in [9.17, 15) is 4.79 Å². The second-order valence-electron chi connectivity index (χ2n) is 2.86. The molecule has 1 amide bonds. The number of hydrogen-bond donors (Lipinski definition) is 1. The van der Waals surface area contributed by atoms with Crippen molar-refractivity contribution in [3.05, 3.63) is 0 Å². The zero-order chi connectivity index (χ0) is 10.4. The SMILES string of the molecule is CC.COC(=O)N1CC(O)CC1C. The van der Waals surface area contributed by atoms with E-state index in [0.29, 0.717) is 13.0 Å². The Labute approximate surface area is 79.5 Å². The maximum atomic E-state index is 11.0. The Hall–Kier alpha value is -0.770. The number of amides is 1. The van der Waals surface area contributed by atoms with E-state index in [1.54, 1.807) is 0 Å². The highest BCUT2D eigenvalue weighted by Gasteiger charge is 2.31. The van der Waals surface area contributed by atoms with Gasteiger partial charge in [0.15, 0.2) is 0 Å². The molecular weight excluding hydrogens is 170 g/mol. The van der Waals surface area contributed by atoms with Gasteiger partial charge in [0.1, 0.15) is 0 Å². The number of β-amino-alcohol motifs (C(OH)–C–C–N with tert-alkyl or cyclic N) is 1. The number of rotatable bonds is 0. The van der Waals surface area contributed by atoms with Crippen molar-refractivity contribution in [1.82, 2.24) is 4.90 Å². The monoisotopic (exact) mass is 189 g/mol. The van der Waals surface area contributed by atoms with Crippen LogP contribution in [0.1, 0.15) is 27.2 Å². The molecule has 1 fully saturated rings. The van der Waals surface area contributed by atoms with E-state index in [2.05, 4.69) is 4.74 Å². The van der Waals surface area contributed by atoms with Crippen LogP contribution in [0, 0.1) is 0 Å². The lowest BCUT2D eigenvalue weighted by Crippen LogP contribution is -2.34. The molecule has 1 aliphatic rings. The Balaban J connectivity index is 0.000000671. The molecule has 1 saturated heterocycles. The van der Waals surface area contributed by atoms with Gasteiger partial charge in [-0.15, -0.1) is 0 Å². The average Bonchev–Trinajstić information content (AvgIpc) is 2.47. The molecule has 0 bridgehead atoms. The molecule has 4 nitrogen and oxygen atoms in total. The normalized spacial score (nSPS) is 26.4.